The number of thiazole rings is 1. The number of carbonyl (C=O) groups is 1. The topological polar surface area (TPSA) is 60.5 Å². The molecular formula is C23H19ClN2O3S2. The van der Waals surface area contributed by atoms with Crippen LogP contribution >= 0.6 is 34.7 Å². The molecule has 0 aliphatic heterocycles. The van der Waals surface area contributed by atoms with Crippen molar-refractivity contribution >= 4 is 56.5 Å². The van der Waals surface area contributed by atoms with Crippen LogP contribution in [0.2, 0.25) is 5.02 Å². The third kappa shape index (κ3) is 5.12. The first-order valence-electron chi connectivity index (χ1n) is 9.37. The molecular weight excluding hydrogens is 452 g/mol. The zero-order valence-corrected chi connectivity index (χ0v) is 19.2. The first-order valence-corrected chi connectivity index (χ1v) is 11.5. The number of hydrogen-bond acceptors (Lipinski definition) is 6. The van der Waals surface area contributed by atoms with Gasteiger partial charge in [0.2, 0.25) is 0 Å². The van der Waals surface area contributed by atoms with Crippen molar-refractivity contribution in [1.82, 2.24) is 4.98 Å². The third-order valence-electron chi connectivity index (χ3n) is 4.52. The summed E-state index contributed by atoms with van der Waals surface area (Å²) in [6.07, 6.45) is 0. The van der Waals surface area contributed by atoms with Crippen LogP contribution in [0.15, 0.2) is 65.0 Å². The van der Waals surface area contributed by atoms with E-state index in [2.05, 4.69) is 10.3 Å². The van der Waals surface area contributed by atoms with E-state index < -0.39 is 0 Å². The number of nitrogens with zero attached hydrogens (tertiary/aromatic N) is 1. The largest absolute Gasteiger partial charge is 0.493 e. The molecule has 4 rings (SSSR count). The Bertz CT molecular complexity index is 1240. The Balaban J connectivity index is 1.47. The van der Waals surface area contributed by atoms with Gasteiger partial charge in [0.1, 0.15) is 0 Å². The minimum atomic E-state index is -0.222. The van der Waals surface area contributed by atoms with Crippen LogP contribution in [0.25, 0.3) is 10.2 Å². The number of methoxy groups -OCH3 is 2. The van der Waals surface area contributed by atoms with Gasteiger partial charge in [-0.1, -0.05) is 35.5 Å². The van der Waals surface area contributed by atoms with Crippen LogP contribution in [0.3, 0.4) is 0 Å². The second-order valence-electron chi connectivity index (χ2n) is 6.60. The quantitative estimate of drug-likeness (QED) is 0.312. The molecule has 158 valence electrons. The minimum absolute atomic E-state index is 0.222. The Hall–Kier alpha value is -2.74. The Morgan fingerprint density at radius 2 is 1.90 bits per heavy atom. The molecule has 1 aromatic heterocycles. The molecule has 3 aromatic carbocycles. The van der Waals surface area contributed by atoms with Crippen molar-refractivity contribution < 1.29 is 14.3 Å². The number of amides is 1. The highest BCUT2D eigenvalue weighted by molar-refractivity contribution is 8.00. The van der Waals surface area contributed by atoms with E-state index in [1.165, 1.54) is 0 Å². The maximum Gasteiger partial charge on any atom is 0.255 e. The summed E-state index contributed by atoms with van der Waals surface area (Å²) >= 11 is 9.32. The molecule has 0 atom stereocenters. The Morgan fingerprint density at radius 1 is 1.06 bits per heavy atom. The second-order valence-corrected chi connectivity index (χ2v) is 9.29. The number of thioether (sulfide) groups is 1. The van der Waals surface area contributed by atoms with Crippen LogP contribution in [0, 0.1) is 0 Å². The van der Waals surface area contributed by atoms with Crippen LogP contribution < -0.4 is 14.8 Å². The lowest BCUT2D eigenvalue weighted by molar-refractivity contribution is 0.102. The van der Waals surface area contributed by atoms with Gasteiger partial charge in [-0.3, -0.25) is 4.79 Å². The molecule has 0 bridgehead atoms. The Kier molecular flexibility index (Phi) is 6.65. The first-order chi connectivity index (χ1) is 15.1. The van der Waals surface area contributed by atoms with E-state index in [1.807, 2.05) is 42.5 Å². The number of nitrogens with one attached hydrogen (secondary N) is 1. The molecule has 1 amide bonds. The van der Waals surface area contributed by atoms with Gasteiger partial charge in [-0.2, -0.15) is 0 Å². The molecule has 0 saturated heterocycles. The zero-order valence-electron chi connectivity index (χ0n) is 16.8. The van der Waals surface area contributed by atoms with E-state index in [0.29, 0.717) is 22.7 Å². The lowest BCUT2D eigenvalue weighted by Gasteiger charge is -2.10. The molecule has 0 aliphatic carbocycles. The number of halogens is 1. The standard InChI is InChI=1S/C23H19ClN2O3S2/c1-28-19-9-6-15(11-20(19)29-2)22(27)25-17-7-8-18-21(12-17)31-23(26-18)30-13-14-4-3-5-16(24)10-14/h3-12H,13H2,1-2H3,(H,25,27). The van der Waals surface area contributed by atoms with Crippen LogP contribution in [-0.4, -0.2) is 25.1 Å². The van der Waals surface area contributed by atoms with Crippen molar-refractivity contribution in [2.75, 3.05) is 19.5 Å². The second kappa shape index (κ2) is 9.60. The number of rotatable bonds is 7. The summed E-state index contributed by atoms with van der Waals surface area (Å²) in [5.74, 6) is 1.66. The van der Waals surface area contributed by atoms with Gasteiger partial charge in [-0.05, 0) is 54.1 Å². The van der Waals surface area contributed by atoms with Crippen molar-refractivity contribution in [3.8, 4) is 11.5 Å². The number of carbonyl (C=O) groups excluding carboxylic acids is 1. The molecule has 4 aromatic rings. The van der Waals surface area contributed by atoms with Gasteiger partial charge in [0.15, 0.2) is 15.8 Å². The van der Waals surface area contributed by atoms with Crippen LogP contribution in [0.4, 0.5) is 5.69 Å². The first kappa shape index (κ1) is 21.5. The molecule has 0 spiro atoms. The smallest absolute Gasteiger partial charge is 0.255 e. The fourth-order valence-electron chi connectivity index (χ4n) is 3.00. The van der Waals surface area contributed by atoms with E-state index in [1.54, 1.807) is 55.5 Å². The highest BCUT2D eigenvalue weighted by atomic mass is 35.5. The lowest BCUT2D eigenvalue weighted by atomic mass is 10.2. The van der Waals surface area contributed by atoms with Gasteiger partial charge in [-0.15, -0.1) is 11.3 Å². The van der Waals surface area contributed by atoms with Crippen LogP contribution in [0.1, 0.15) is 15.9 Å². The van der Waals surface area contributed by atoms with E-state index in [9.17, 15) is 4.79 Å². The number of aromatic nitrogens is 1. The minimum Gasteiger partial charge on any atom is -0.493 e. The van der Waals surface area contributed by atoms with Crippen LogP contribution in [-0.2, 0) is 5.75 Å². The van der Waals surface area contributed by atoms with Gasteiger partial charge < -0.3 is 14.8 Å². The van der Waals surface area contributed by atoms with Gasteiger partial charge in [-0.25, -0.2) is 4.98 Å². The van der Waals surface area contributed by atoms with Crippen molar-refractivity contribution in [1.29, 1.82) is 0 Å². The maximum absolute atomic E-state index is 12.7. The highest BCUT2D eigenvalue weighted by Gasteiger charge is 2.12. The molecule has 0 fully saturated rings. The summed E-state index contributed by atoms with van der Waals surface area (Å²) in [7, 11) is 3.10. The summed E-state index contributed by atoms with van der Waals surface area (Å²) in [5.41, 5.74) is 3.25. The number of anilines is 1. The average Bonchev–Trinajstić information content (AvgIpc) is 3.19. The van der Waals surface area contributed by atoms with Gasteiger partial charge >= 0.3 is 0 Å². The molecule has 31 heavy (non-hydrogen) atoms. The third-order valence-corrected chi connectivity index (χ3v) is 6.99. The predicted molar refractivity (Wildman–Crippen MR) is 128 cm³/mol. The number of hydrogen-bond donors (Lipinski definition) is 1. The number of ether oxygens (including phenoxy) is 2. The van der Waals surface area contributed by atoms with Gasteiger partial charge in [0.25, 0.3) is 5.91 Å². The SMILES string of the molecule is COc1ccc(C(=O)Nc2ccc3nc(SCc4cccc(Cl)c4)sc3c2)cc1OC. The van der Waals surface area contributed by atoms with E-state index >= 15 is 0 Å². The Morgan fingerprint density at radius 3 is 2.68 bits per heavy atom. The summed E-state index contributed by atoms with van der Waals surface area (Å²) in [6, 6.07) is 18.6. The highest BCUT2D eigenvalue weighted by Crippen LogP contribution is 2.33. The summed E-state index contributed by atoms with van der Waals surface area (Å²) in [4.78, 5) is 17.4. The van der Waals surface area contributed by atoms with Crippen molar-refractivity contribution in [3.63, 3.8) is 0 Å². The average molecular weight is 471 g/mol. The summed E-state index contributed by atoms with van der Waals surface area (Å²) in [6.45, 7) is 0. The molecule has 0 saturated carbocycles. The molecule has 1 N–H and O–H groups in total. The summed E-state index contributed by atoms with van der Waals surface area (Å²) in [5, 5.41) is 3.67. The van der Waals surface area contributed by atoms with Gasteiger partial charge in [0.05, 0.1) is 24.4 Å². The van der Waals surface area contributed by atoms with Crippen molar-refractivity contribution in [2.45, 2.75) is 10.1 Å². The van der Waals surface area contributed by atoms with Crippen LogP contribution in [0.5, 0.6) is 11.5 Å². The van der Waals surface area contributed by atoms with Crippen molar-refractivity contribution in [3.05, 3.63) is 76.8 Å². The molecule has 5 nitrogen and oxygen atoms in total. The number of fused-ring (bicyclic) bond motifs is 1. The van der Waals surface area contributed by atoms with E-state index in [-0.39, 0.29) is 5.91 Å². The molecule has 0 radical (unpaired) electrons. The lowest BCUT2D eigenvalue weighted by Crippen LogP contribution is -2.12. The molecule has 8 heteroatoms. The molecule has 0 aliphatic rings. The van der Waals surface area contributed by atoms with E-state index in [4.69, 9.17) is 21.1 Å². The monoisotopic (exact) mass is 470 g/mol. The van der Waals surface area contributed by atoms with Crippen molar-refractivity contribution in [2.24, 2.45) is 0 Å². The fraction of sp³-hybridized carbons (Fsp3) is 0.130. The molecule has 1 heterocycles. The zero-order chi connectivity index (χ0) is 21.8. The van der Waals surface area contributed by atoms with Gasteiger partial charge in [0, 0.05) is 22.0 Å². The van der Waals surface area contributed by atoms with E-state index in [0.717, 1.165) is 30.9 Å². The number of benzene rings is 3. The fourth-order valence-corrected chi connectivity index (χ4v) is 5.26. The normalized spacial score (nSPS) is 10.8. The predicted octanol–water partition coefficient (Wildman–Crippen LogP) is 6.51. The Labute approximate surface area is 193 Å². The molecule has 0 unspecified atom stereocenters. The maximum atomic E-state index is 12.7. The summed E-state index contributed by atoms with van der Waals surface area (Å²) < 4.78 is 12.5.